The number of amides is 1. The number of rotatable bonds is 3. The Labute approximate surface area is 148 Å². The van der Waals surface area contributed by atoms with E-state index >= 15 is 0 Å². The summed E-state index contributed by atoms with van der Waals surface area (Å²) in [6.07, 6.45) is 5.47. The van der Waals surface area contributed by atoms with Crippen LogP contribution < -0.4 is 16.0 Å². The molecule has 2 aromatic heterocycles. The zero-order valence-corrected chi connectivity index (χ0v) is 15.4. The van der Waals surface area contributed by atoms with Gasteiger partial charge in [0, 0.05) is 31.5 Å². The summed E-state index contributed by atoms with van der Waals surface area (Å²) in [5.41, 5.74) is 6.90. The second-order valence-electron chi connectivity index (χ2n) is 6.74. The highest BCUT2D eigenvalue weighted by Gasteiger charge is 2.27. The molecule has 3 heterocycles. The number of hydrogen-bond donors (Lipinski definition) is 4. The number of aromatic nitrogens is 2. The molecule has 7 nitrogen and oxygen atoms in total. The molecule has 1 unspecified atom stereocenters. The molecule has 1 amide bonds. The van der Waals surface area contributed by atoms with Gasteiger partial charge in [0.25, 0.3) is 5.91 Å². The van der Waals surface area contributed by atoms with Gasteiger partial charge in [0.1, 0.15) is 11.2 Å². The molecule has 3 rings (SSSR count). The molecule has 2 aromatic rings. The molecular weight excluding hydrogens is 374 g/mol. The van der Waals surface area contributed by atoms with Crippen LogP contribution in [-0.4, -0.2) is 45.7 Å². The summed E-state index contributed by atoms with van der Waals surface area (Å²) < 4.78 is 0.849. The zero-order chi connectivity index (χ0) is 17.5. The quantitative estimate of drug-likeness (QED) is 0.635. The number of aromatic amines is 1. The van der Waals surface area contributed by atoms with Crippen LogP contribution in [0.2, 0.25) is 0 Å². The Morgan fingerprint density at radius 2 is 2.33 bits per heavy atom. The first-order valence-electron chi connectivity index (χ1n) is 7.97. The lowest BCUT2D eigenvalue weighted by atomic mass is 10.1. The van der Waals surface area contributed by atoms with E-state index < -0.39 is 11.5 Å². The van der Waals surface area contributed by atoms with Crippen molar-refractivity contribution < 1.29 is 9.90 Å². The van der Waals surface area contributed by atoms with Gasteiger partial charge in [-0.05, 0) is 42.6 Å². The lowest BCUT2D eigenvalue weighted by Crippen LogP contribution is -2.43. The maximum atomic E-state index is 12.2. The summed E-state index contributed by atoms with van der Waals surface area (Å²) in [7, 11) is 0. The van der Waals surface area contributed by atoms with Crippen molar-refractivity contribution >= 4 is 44.2 Å². The number of anilines is 2. The van der Waals surface area contributed by atoms with E-state index in [4.69, 9.17) is 5.73 Å². The van der Waals surface area contributed by atoms with Crippen molar-refractivity contribution in [3.63, 3.8) is 0 Å². The molecule has 0 aromatic carbocycles. The molecule has 5 N–H and O–H groups in total. The Morgan fingerprint density at radius 3 is 3.00 bits per heavy atom. The standard InChI is InChI=1S/C16H22BrN5O2/c1-16(2,24)15(23)21-11-7-20-14-12(11)13(10(17)6-19-14)22-5-3-4-9(18)8-22/h6-7,9,24H,3-5,8,18H2,1-2H3,(H,19,20)(H,21,23). The average molecular weight is 396 g/mol. The summed E-state index contributed by atoms with van der Waals surface area (Å²) in [6, 6.07) is 0.127. The van der Waals surface area contributed by atoms with Crippen LogP contribution in [0.4, 0.5) is 11.4 Å². The van der Waals surface area contributed by atoms with Crippen LogP contribution in [0.5, 0.6) is 0 Å². The third kappa shape index (κ3) is 3.26. The first kappa shape index (κ1) is 17.2. The van der Waals surface area contributed by atoms with Gasteiger partial charge >= 0.3 is 0 Å². The highest BCUT2D eigenvalue weighted by molar-refractivity contribution is 9.10. The molecule has 1 aliphatic heterocycles. The average Bonchev–Trinajstić information content (AvgIpc) is 2.89. The molecule has 24 heavy (non-hydrogen) atoms. The second kappa shape index (κ2) is 6.34. The van der Waals surface area contributed by atoms with E-state index in [1.807, 2.05) is 0 Å². The molecule has 130 valence electrons. The predicted octanol–water partition coefficient (Wildman–Crippen LogP) is 1.96. The van der Waals surface area contributed by atoms with Crippen LogP contribution in [0, 0.1) is 0 Å². The van der Waals surface area contributed by atoms with Crippen molar-refractivity contribution in [1.82, 2.24) is 9.97 Å². The van der Waals surface area contributed by atoms with Crippen molar-refractivity contribution in [2.24, 2.45) is 5.73 Å². The highest BCUT2D eigenvalue weighted by Crippen LogP contribution is 2.38. The first-order chi connectivity index (χ1) is 11.3. The number of nitrogens with two attached hydrogens (primary N) is 1. The minimum atomic E-state index is -1.46. The van der Waals surface area contributed by atoms with E-state index in [1.165, 1.54) is 13.8 Å². The molecule has 1 aliphatic rings. The Kier molecular flexibility index (Phi) is 4.54. The number of halogens is 1. The molecule has 0 saturated carbocycles. The van der Waals surface area contributed by atoms with Crippen molar-refractivity contribution in [3.8, 4) is 0 Å². The number of carbonyl (C=O) groups excluding carboxylic acids is 1. The summed E-state index contributed by atoms with van der Waals surface area (Å²) in [5, 5.41) is 13.5. The number of fused-ring (bicyclic) bond motifs is 1. The smallest absolute Gasteiger partial charge is 0.255 e. The van der Waals surface area contributed by atoms with E-state index in [9.17, 15) is 9.90 Å². The van der Waals surface area contributed by atoms with E-state index in [-0.39, 0.29) is 6.04 Å². The third-order valence-electron chi connectivity index (χ3n) is 4.21. The van der Waals surface area contributed by atoms with Crippen LogP contribution in [-0.2, 0) is 4.79 Å². The molecule has 1 atom stereocenters. The summed E-state index contributed by atoms with van der Waals surface area (Å²) >= 11 is 3.58. The molecule has 1 fully saturated rings. The SMILES string of the molecule is CC(C)(O)C(=O)Nc1c[nH]c2ncc(Br)c(N3CCCC(N)C3)c12. The molecule has 1 saturated heterocycles. The van der Waals surface area contributed by atoms with Crippen molar-refractivity contribution in [1.29, 1.82) is 0 Å². The van der Waals surface area contributed by atoms with Gasteiger partial charge in [-0.15, -0.1) is 0 Å². The number of aliphatic hydroxyl groups is 1. The van der Waals surface area contributed by atoms with E-state index in [0.29, 0.717) is 11.3 Å². The molecule has 8 heteroatoms. The number of nitrogens with one attached hydrogen (secondary N) is 2. The fraction of sp³-hybridized carbons (Fsp3) is 0.500. The van der Waals surface area contributed by atoms with Crippen LogP contribution in [0.3, 0.4) is 0 Å². The highest BCUT2D eigenvalue weighted by atomic mass is 79.9. The van der Waals surface area contributed by atoms with Gasteiger partial charge < -0.3 is 26.0 Å². The number of carbonyl (C=O) groups is 1. The number of nitrogens with zero attached hydrogens (tertiary/aromatic N) is 2. The van der Waals surface area contributed by atoms with Gasteiger partial charge in [-0.25, -0.2) is 4.98 Å². The third-order valence-corrected chi connectivity index (χ3v) is 4.79. The van der Waals surface area contributed by atoms with Gasteiger partial charge in [-0.2, -0.15) is 0 Å². The van der Waals surface area contributed by atoms with Gasteiger partial charge in [-0.3, -0.25) is 4.79 Å². The van der Waals surface area contributed by atoms with Gasteiger partial charge in [-0.1, -0.05) is 0 Å². The molecule has 0 radical (unpaired) electrons. The van der Waals surface area contributed by atoms with Crippen molar-refractivity contribution in [3.05, 3.63) is 16.9 Å². The van der Waals surface area contributed by atoms with Gasteiger partial charge in [0.15, 0.2) is 0 Å². The minimum Gasteiger partial charge on any atom is -0.381 e. The van der Waals surface area contributed by atoms with Crippen molar-refractivity contribution in [2.75, 3.05) is 23.3 Å². The molecule has 0 spiro atoms. The van der Waals surface area contributed by atoms with Crippen LogP contribution in [0.1, 0.15) is 26.7 Å². The fourth-order valence-electron chi connectivity index (χ4n) is 2.95. The monoisotopic (exact) mass is 395 g/mol. The molecule has 0 aliphatic carbocycles. The normalized spacial score (nSPS) is 18.9. The van der Waals surface area contributed by atoms with Crippen LogP contribution >= 0.6 is 15.9 Å². The lowest BCUT2D eigenvalue weighted by molar-refractivity contribution is -0.130. The van der Waals surface area contributed by atoms with Crippen LogP contribution in [0.25, 0.3) is 11.0 Å². The Hall–Kier alpha value is -1.64. The summed E-state index contributed by atoms with van der Waals surface area (Å²) in [4.78, 5) is 21.8. The topological polar surface area (TPSA) is 107 Å². The van der Waals surface area contributed by atoms with Gasteiger partial charge in [0.2, 0.25) is 0 Å². The minimum absolute atomic E-state index is 0.127. The number of piperidine rings is 1. The zero-order valence-electron chi connectivity index (χ0n) is 13.8. The summed E-state index contributed by atoms with van der Waals surface area (Å²) in [5.74, 6) is -0.468. The van der Waals surface area contributed by atoms with Crippen molar-refractivity contribution in [2.45, 2.75) is 38.3 Å². The second-order valence-corrected chi connectivity index (χ2v) is 7.60. The predicted molar refractivity (Wildman–Crippen MR) is 98.1 cm³/mol. The van der Waals surface area contributed by atoms with E-state index in [2.05, 4.69) is 36.1 Å². The number of H-pyrrole nitrogens is 1. The lowest BCUT2D eigenvalue weighted by Gasteiger charge is -2.33. The number of pyridine rings is 1. The van der Waals surface area contributed by atoms with Gasteiger partial charge in [0.05, 0.1) is 21.2 Å². The molecule has 0 bridgehead atoms. The number of hydrogen-bond acceptors (Lipinski definition) is 5. The maximum Gasteiger partial charge on any atom is 0.255 e. The Balaban J connectivity index is 2.06. The summed E-state index contributed by atoms with van der Waals surface area (Å²) in [6.45, 7) is 4.56. The Morgan fingerprint density at radius 1 is 1.58 bits per heavy atom. The Bertz CT molecular complexity index is 768. The first-order valence-corrected chi connectivity index (χ1v) is 8.76. The van der Waals surface area contributed by atoms with E-state index in [1.54, 1.807) is 12.4 Å². The maximum absolute atomic E-state index is 12.2. The van der Waals surface area contributed by atoms with E-state index in [0.717, 1.165) is 41.5 Å². The fourth-order valence-corrected chi connectivity index (χ4v) is 3.50. The van der Waals surface area contributed by atoms with Crippen LogP contribution in [0.15, 0.2) is 16.9 Å². The largest absolute Gasteiger partial charge is 0.381 e. The molecular formula is C16H22BrN5O2.